The van der Waals surface area contributed by atoms with Crippen molar-refractivity contribution in [1.29, 1.82) is 0 Å². The van der Waals surface area contributed by atoms with Crippen LogP contribution in [0.25, 0.3) is 0 Å². The van der Waals surface area contributed by atoms with Crippen LogP contribution >= 0.6 is 0 Å². The fourth-order valence-corrected chi connectivity index (χ4v) is 3.69. The van der Waals surface area contributed by atoms with Gasteiger partial charge in [0.25, 0.3) is 0 Å². The molecule has 0 aromatic carbocycles. The van der Waals surface area contributed by atoms with Crippen LogP contribution in [0, 0.1) is 11.8 Å². The summed E-state index contributed by atoms with van der Waals surface area (Å²) >= 11 is 0. The number of piperazine rings is 1. The van der Waals surface area contributed by atoms with E-state index in [4.69, 9.17) is 4.74 Å². The van der Waals surface area contributed by atoms with E-state index in [0.29, 0.717) is 36.0 Å². The lowest BCUT2D eigenvalue weighted by molar-refractivity contribution is -0.158. The van der Waals surface area contributed by atoms with Crippen molar-refractivity contribution in [2.45, 2.75) is 73.1 Å². The zero-order valence-electron chi connectivity index (χ0n) is 17.7. The summed E-state index contributed by atoms with van der Waals surface area (Å²) in [5.74, 6) is 0.844. The lowest BCUT2D eigenvalue weighted by atomic mass is 9.91. The molecule has 0 radical (unpaired) electrons. The Balaban J connectivity index is 2.63. The van der Waals surface area contributed by atoms with Gasteiger partial charge < -0.3 is 9.64 Å². The molecule has 0 unspecified atom stereocenters. The van der Waals surface area contributed by atoms with Crippen LogP contribution in [0.3, 0.4) is 0 Å². The fourth-order valence-electron chi connectivity index (χ4n) is 3.69. The fraction of sp³-hybridized carbons (Fsp3) is 0.895. The molecular weight excluding hydrogens is 334 g/mol. The largest absolute Gasteiger partial charge is 0.442 e. The standard InChI is InChI=1S/C19H37N3O4/c1-13(2)16(14(3)4)20-9-11-21(12-10-20)17(23)15(5)22(25)18(24)26-19(6,7)8/h13-16,25H,9-12H2,1-8H3/t15-/m0/s1. The summed E-state index contributed by atoms with van der Waals surface area (Å²) < 4.78 is 5.12. The smallest absolute Gasteiger partial charge is 0.435 e. The van der Waals surface area contributed by atoms with Crippen LogP contribution in [-0.4, -0.2) is 75.9 Å². The first-order chi connectivity index (χ1) is 11.8. The first kappa shape index (κ1) is 22.7. The molecule has 1 atom stereocenters. The Hall–Kier alpha value is -1.34. The number of amides is 2. The molecular formula is C19H37N3O4. The van der Waals surface area contributed by atoms with E-state index >= 15 is 0 Å². The number of carbonyl (C=O) groups is 2. The number of carbonyl (C=O) groups excluding carboxylic acids is 2. The number of rotatable bonds is 5. The maximum atomic E-state index is 12.7. The van der Waals surface area contributed by atoms with Gasteiger partial charge in [-0.2, -0.15) is 5.06 Å². The van der Waals surface area contributed by atoms with Crippen LogP contribution in [0.2, 0.25) is 0 Å². The zero-order chi connectivity index (χ0) is 20.2. The van der Waals surface area contributed by atoms with Gasteiger partial charge in [0.2, 0.25) is 5.91 Å². The van der Waals surface area contributed by atoms with Crippen molar-refractivity contribution in [3.8, 4) is 0 Å². The maximum Gasteiger partial charge on any atom is 0.435 e. The van der Waals surface area contributed by atoms with Crippen LogP contribution in [0.15, 0.2) is 0 Å². The van der Waals surface area contributed by atoms with E-state index < -0.39 is 17.7 Å². The first-order valence-electron chi connectivity index (χ1n) is 9.59. The maximum absolute atomic E-state index is 12.7. The quantitative estimate of drug-likeness (QED) is 0.594. The van der Waals surface area contributed by atoms with E-state index in [9.17, 15) is 14.8 Å². The molecule has 0 aromatic rings. The molecule has 1 aliphatic heterocycles. The van der Waals surface area contributed by atoms with Crippen LogP contribution < -0.4 is 0 Å². The highest BCUT2D eigenvalue weighted by molar-refractivity contribution is 5.85. The highest BCUT2D eigenvalue weighted by Crippen LogP contribution is 2.21. The van der Waals surface area contributed by atoms with Gasteiger partial charge in [0.15, 0.2) is 0 Å². The van der Waals surface area contributed by atoms with E-state index in [1.54, 1.807) is 25.7 Å². The molecule has 1 N–H and O–H groups in total. The molecule has 1 aliphatic rings. The van der Waals surface area contributed by atoms with Gasteiger partial charge in [-0.15, -0.1) is 0 Å². The van der Waals surface area contributed by atoms with Gasteiger partial charge in [-0.3, -0.25) is 14.9 Å². The molecule has 1 rings (SSSR count). The van der Waals surface area contributed by atoms with Crippen molar-refractivity contribution in [2.24, 2.45) is 11.8 Å². The predicted molar refractivity (Wildman–Crippen MR) is 101 cm³/mol. The van der Waals surface area contributed by atoms with Gasteiger partial charge >= 0.3 is 6.09 Å². The molecule has 0 saturated carbocycles. The normalized spacial score (nSPS) is 17.8. The second-order valence-electron chi connectivity index (χ2n) is 8.84. The summed E-state index contributed by atoms with van der Waals surface area (Å²) in [5.41, 5.74) is -0.727. The minimum atomic E-state index is -0.970. The molecule has 0 aliphatic carbocycles. The first-order valence-corrected chi connectivity index (χ1v) is 9.59. The minimum absolute atomic E-state index is 0.261. The van der Waals surface area contributed by atoms with Gasteiger partial charge in [-0.1, -0.05) is 27.7 Å². The molecule has 1 fully saturated rings. The van der Waals surface area contributed by atoms with Crippen LogP contribution in [0.5, 0.6) is 0 Å². The summed E-state index contributed by atoms with van der Waals surface area (Å²) in [6, 6.07) is -0.483. The van der Waals surface area contributed by atoms with Gasteiger partial charge in [0, 0.05) is 32.2 Å². The molecule has 2 amide bonds. The molecule has 0 aromatic heterocycles. The van der Waals surface area contributed by atoms with E-state index in [-0.39, 0.29) is 5.91 Å². The SMILES string of the molecule is CC(C)C(C(C)C)N1CCN(C(=O)[C@H](C)N(O)C(=O)OC(C)(C)C)CC1. The average molecular weight is 372 g/mol. The summed E-state index contributed by atoms with van der Waals surface area (Å²) in [6.45, 7) is 18.4. The second kappa shape index (κ2) is 9.04. The average Bonchev–Trinajstić information content (AvgIpc) is 2.51. The van der Waals surface area contributed by atoms with Gasteiger partial charge in [-0.25, -0.2) is 4.79 Å². The number of ether oxygens (including phenoxy) is 1. The third-order valence-corrected chi connectivity index (χ3v) is 4.72. The Morgan fingerprint density at radius 1 is 0.962 bits per heavy atom. The highest BCUT2D eigenvalue weighted by atomic mass is 16.6. The Kier molecular flexibility index (Phi) is 7.89. The predicted octanol–water partition coefficient (Wildman–Crippen LogP) is 2.83. The van der Waals surface area contributed by atoms with Crippen molar-refractivity contribution in [3.63, 3.8) is 0 Å². The summed E-state index contributed by atoms with van der Waals surface area (Å²) in [4.78, 5) is 28.8. The lowest BCUT2D eigenvalue weighted by Gasteiger charge is -2.43. The molecule has 7 nitrogen and oxygen atoms in total. The number of hydroxylamine groups is 2. The van der Waals surface area contributed by atoms with E-state index in [1.165, 1.54) is 6.92 Å². The molecule has 26 heavy (non-hydrogen) atoms. The van der Waals surface area contributed by atoms with Crippen molar-refractivity contribution in [2.75, 3.05) is 26.2 Å². The van der Waals surface area contributed by atoms with E-state index in [2.05, 4.69) is 32.6 Å². The molecule has 1 saturated heterocycles. The van der Waals surface area contributed by atoms with Gasteiger partial charge in [0.05, 0.1) is 0 Å². The van der Waals surface area contributed by atoms with Crippen molar-refractivity contribution >= 4 is 12.0 Å². The summed E-state index contributed by atoms with van der Waals surface area (Å²) in [7, 11) is 0. The summed E-state index contributed by atoms with van der Waals surface area (Å²) in [6.07, 6.45) is -0.906. The Morgan fingerprint density at radius 3 is 1.81 bits per heavy atom. The Bertz CT molecular complexity index is 472. The van der Waals surface area contributed by atoms with Crippen molar-refractivity contribution in [1.82, 2.24) is 14.9 Å². The monoisotopic (exact) mass is 371 g/mol. The third kappa shape index (κ3) is 6.13. The lowest BCUT2D eigenvalue weighted by Crippen LogP contribution is -2.57. The number of hydrogen-bond acceptors (Lipinski definition) is 5. The molecule has 7 heteroatoms. The van der Waals surface area contributed by atoms with E-state index in [1.807, 2.05) is 0 Å². The number of hydrogen-bond donors (Lipinski definition) is 1. The topological polar surface area (TPSA) is 73.3 Å². The summed E-state index contributed by atoms with van der Waals surface area (Å²) in [5, 5.41) is 10.4. The molecule has 0 bridgehead atoms. The third-order valence-electron chi connectivity index (χ3n) is 4.72. The minimum Gasteiger partial charge on any atom is -0.442 e. The van der Waals surface area contributed by atoms with Crippen LogP contribution in [0.4, 0.5) is 4.79 Å². The zero-order valence-corrected chi connectivity index (χ0v) is 17.7. The molecule has 0 spiro atoms. The molecule has 152 valence electrons. The van der Waals surface area contributed by atoms with Crippen LogP contribution in [-0.2, 0) is 9.53 Å². The Morgan fingerprint density at radius 2 is 1.42 bits per heavy atom. The molecule has 1 heterocycles. The Labute approximate surface area is 158 Å². The number of nitrogens with zero attached hydrogens (tertiary/aromatic N) is 3. The van der Waals surface area contributed by atoms with Crippen molar-refractivity contribution < 1.29 is 19.5 Å². The van der Waals surface area contributed by atoms with Crippen molar-refractivity contribution in [3.05, 3.63) is 0 Å². The van der Waals surface area contributed by atoms with Gasteiger partial charge in [-0.05, 0) is 39.5 Å². The van der Waals surface area contributed by atoms with Gasteiger partial charge in [0.1, 0.15) is 11.6 Å². The second-order valence-corrected chi connectivity index (χ2v) is 8.84. The van der Waals surface area contributed by atoms with Crippen LogP contribution in [0.1, 0.15) is 55.4 Å². The highest BCUT2D eigenvalue weighted by Gasteiger charge is 2.34. The van der Waals surface area contributed by atoms with E-state index in [0.717, 1.165) is 13.1 Å².